The molecule has 2 atom stereocenters. The van der Waals surface area contributed by atoms with Gasteiger partial charge in [-0.05, 0) is 121 Å². The van der Waals surface area contributed by atoms with E-state index in [0.29, 0.717) is 5.92 Å². The zero-order chi connectivity index (χ0) is 39.1. The Labute approximate surface area is 343 Å². The smallest absolute Gasteiger partial charge is 0.0673 e. The zero-order valence-corrected chi connectivity index (χ0v) is 33.2. The summed E-state index contributed by atoms with van der Waals surface area (Å²) >= 11 is 0. The number of hydrogen-bond donors (Lipinski definition) is 0. The van der Waals surface area contributed by atoms with Crippen LogP contribution in [0.1, 0.15) is 56.8 Å². The highest BCUT2D eigenvalue weighted by Gasteiger charge is 2.50. The van der Waals surface area contributed by atoms with Crippen LogP contribution in [0, 0.1) is 13.8 Å². The van der Waals surface area contributed by atoms with Crippen molar-refractivity contribution < 1.29 is 0 Å². The largest absolute Gasteiger partial charge is 0.0836 e. The van der Waals surface area contributed by atoms with Crippen LogP contribution in [0.3, 0.4) is 0 Å². The third-order valence-electron chi connectivity index (χ3n) is 12.9. The zero-order valence-electron chi connectivity index (χ0n) is 33.2. The summed E-state index contributed by atoms with van der Waals surface area (Å²) < 4.78 is 0. The Morgan fingerprint density at radius 3 is 1.53 bits per heavy atom. The van der Waals surface area contributed by atoms with Gasteiger partial charge in [0.2, 0.25) is 0 Å². The Morgan fingerprint density at radius 2 is 0.914 bits per heavy atom. The molecule has 8 aromatic carbocycles. The number of rotatable bonds is 8. The summed E-state index contributed by atoms with van der Waals surface area (Å²) in [7, 11) is 0. The van der Waals surface area contributed by atoms with Crippen molar-refractivity contribution in [3.63, 3.8) is 0 Å². The minimum atomic E-state index is -0.327. The minimum absolute atomic E-state index is 0.327. The molecule has 0 heteroatoms. The van der Waals surface area contributed by atoms with Gasteiger partial charge in [0.15, 0.2) is 0 Å². The summed E-state index contributed by atoms with van der Waals surface area (Å²) in [6.07, 6.45) is 8.93. The van der Waals surface area contributed by atoms with E-state index in [0.717, 1.165) is 12.8 Å². The molecule has 0 aromatic heterocycles. The van der Waals surface area contributed by atoms with E-state index in [1.807, 2.05) is 0 Å². The molecule has 0 saturated carbocycles. The van der Waals surface area contributed by atoms with E-state index in [-0.39, 0.29) is 5.41 Å². The summed E-state index contributed by atoms with van der Waals surface area (Å²) in [6.45, 7) is 4.56. The van der Waals surface area contributed by atoms with Gasteiger partial charge in [0.25, 0.3) is 0 Å². The fraction of sp³-hybridized carbons (Fsp3) is 0.103. The molecule has 2 unspecified atom stereocenters. The van der Waals surface area contributed by atoms with Gasteiger partial charge in [0.1, 0.15) is 0 Å². The maximum Gasteiger partial charge on any atom is 0.0673 e. The Balaban J connectivity index is 0.948. The van der Waals surface area contributed by atoms with Crippen LogP contribution in [-0.2, 0) is 11.8 Å². The third kappa shape index (κ3) is 6.08. The molecule has 2 aliphatic rings. The van der Waals surface area contributed by atoms with E-state index >= 15 is 0 Å². The molecular formula is C58H46. The van der Waals surface area contributed by atoms with Crippen LogP contribution in [0.5, 0.6) is 0 Å². The van der Waals surface area contributed by atoms with Crippen LogP contribution >= 0.6 is 0 Å². The van der Waals surface area contributed by atoms with Crippen molar-refractivity contribution >= 4 is 0 Å². The quantitative estimate of drug-likeness (QED) is 0.145. The van der Waals surface area contributed by atoms with Gasteiger partial charge in [-0.2, -0.15) is 0 Å². The molecule has 58 heavy (non-hydrogen) atoms. The van der Waals surface area contributed by atoms with Crippen molar-refractivity contribution in [2.24, 2.45) is 0 Å². The van der Waals surface area contributed by atoms with Gasteiger partial charge < -0.3 is 0 Å². The third-order valence-corrected chi connectivity index (χ3v) is 12.9. The van der Waals surface area contributed by atoms with Crippen molar-refractivity contribution in [3.05, 3.63) is 262 Å². The highest BCUT2D eigenvalue weighted by molar-refractivity contribution is 5.84. The van der Waals surface area contributed by atoms with Gasteiger partial charge >= 0.3 is 0 Å². The summed E-state index contributed by atoms with van der Waals surface area (Å²) in [5.74, 6) is 0.389. The molecule has 0 fully saturated rings. The molecular weight excluding hydrogens is 697 g/mol. The van der Waals surface area contributed by atoms with E-state index in [4.69, 9.17) is 0 Å². The molecule has 0 bridgehead atoms. The number of fused-ring (bicyclic) bond motifs is 3. The minimum Gasteiger partial charge on any atom is -0.0836 e. The number of allylic oxidation sites excluding steroid dienone is 4. The van der Waals surface area contributed by atoms with E-state index in [1.165, 1.54) is 94.6 Å². The summed E-state index contributed by atoms with van der Waals surface area (Å²) in [5.41, 5.74) is 22.0. The molecule has 0 saturated heterocycles. The van der Waals surface area contributed by atoms with E-state index < -0.39 is 0 Å². The fourth-order valence-electron chi connectivity index (χ4n) is 9.97. The average molecular weight is 743 g/mol. The lowest BCUT2D eigenvalue weighted by Crippen LogP contribution is -2.29. The van der Waals surface area contributed by atoms with E-state index in [1.54, 1.807) is 0 Å². The maximum atomic E-state index is 2.39. The van der Waals surface area contributed by atoms with Crippen molar-refractivity contribution in [1.82, 2.24) is 0 Å². The molecule has 0 radical (unpaired) electrons. The number of hydrogen-bond acceptors (Lipinski definition) is 0. The average Bonchev–Trinajstić information content (AvgIpc) is 3.59. The predicted octanol–water partition coefficient (Wildman–Crippen LogP) is 14.9. The van der Waals surface area contributed by atoms with Crippen LogP contribution in [0.15, 0.2) is 218 Å². The van der Waals surface area contributed by atoms with Crippen LogP contribution < -0.4 is 0 Å². The second-order valence-electron chi connectivity index (χ2n) is 16.0. The monoisotopic (exact) mass is 742 g/mol. The van der Waals surface area contributed by atoms with Gasteiger partial charge in [-0.15, -0.1) is 0 Å². The Bertz CT molecular complexity index is 2800. The van der Waals surface area contributed by atoms with E-state index in [9.17, 15) is 0 Å². The predicted molar refractivity (Wildman–Crippen MR) is 244 cm³/mol. The SMILES string of the molecule is Cc1c(-c2ccc(Cc3ccc(-c4ccccc4)cc3)cc2)cccc1-c1cccc(-c2ccc(C3(c4ccccc4)C4=CC=CCC4c4ccccc43)cc2)c1C. The lowest BCUT2D eigenvalue weighted by molar-refractivity contribution is 0.693. The van der Waals surface area contributed by atoms with Crippen LogP contribution in [0.2, 0.25) is 0 Å². The first-order valence-corrected chi connectivity index (χ1v) is 20.7. The molecule has 0 N–H and O–H groups in total. The van der Waals surface area contributed by atoms with Crippen LogP contribution in [0.4, 0.5) is 0 Å². The summed E-state index contributed by atoms with van der Waals surface area (Å²) in [4.78, 5) is 0. The molecule has 2 aliphatic carbocycles. The van der Waals surface area contributed by atoms with Crippen molar-refractivity contribution in [1.29, 1.82) is 0 Å². The first-order chi connectivity index (χ1) is 28.6. The molecule has 0 nitrogen and oxygen atoms in total. The fourth-order valence-corrected chi connectivity index (χ4v) is 9.97. The molecule has 0 aliphatic heterocycles. The highest BCUT2D eigenvalue weighted by atomic mass is 14.5. The van der Waals surface area contributed by atoms with Crippen molar-refractivity contribution in [3.8, 4) is 44.5 Å². The van der Waals surface area contributed by atoms with Crippen LogP contribution in [0.25, 0.3) is 44.5 Å². The number of benzene rings is 8. The normalized spacial score (nSPS) is 16.7. The Morgan fingerprint density at radius 1 is 0.431 bits per heavy atom. The maximum absolute atomic E-state index is 2.39. The Kier molecular flexibility index (Phi) is 9.19. The van der Waals surface area contributed by atoms with Gasteiger partial charge in [-0.3, -0.25) is 0 Å². The van der Waals surface area contributed by atoms with Crippen molar-refractivity contribution in [2.45, 2.75) is 38.0 Å². The molecule has 278 valence electrons. The van der Waals surface area contributed by atoms with Gasteiger partial charge in [-0.25, -0.2) is 0 Å². The van der Waals surface area contributed by atoms with E-state index in [2.05, 4.69) is 226 Å². The van der Waals surface area contributed by atoms with Gasteiger partial charge in [0.05, 0.1) is 5.41 Å². The standard InChI is InChI=1S/C58H46/c1-40-50(46-33-29-43(30-34-46)39-42-27-31-45(32-28-42)44-15-5-3-6-16-44)21-13-23-52(40)53-24-14-22-51(41(53)2)47-35-37-49(38-36-47)58(48-17-7-4-8-18-48)56-25-11-9-19-54(56)55-20-10-12-26-57(55)58/h3-19,21-38,55H,20,39H2,1-2H3. The summed E-state index contributed by atoms with van der Waals surface area (Å²) in [5, 5.41) is 0. The molecule has 10 rings (SSSR count). The molecule has 0 spiro atoms. The van der Waals surface area contributed by atoms with Gasteiger partial charge in [-0.1, -0.05) is 212 Å². The second-order valence-corrected chi connectivity index (χ2v) is 16.0. The second kappa shape index (κ2) is 15.0. The molecule has 0 heterocycles. The lowest BCUT2D eigenvalue weighted by Gasteiger charge is -2.36. The van der Waals surface area contributed by atoms with Crippen LogP contribution in [-0.4, -0.2) is 0 Å². The topological polar surface area (TPSA) is 0 Å². The Hall–Kier alpha value is -6.76. The van der Waals surface area contributed by atoms with Crippen molar-refractivity contribution in [2.75, 3.05) is 0 Å². The van der Waals surface area contributed by atoms with Gasteiger partial charge in [0, 0.05) is 5.92 Å². The molecule has 8 aromatic rings. The molecule has 0 amide bonds. The first kappa shape index (κ1) is 35.6. The first-order valence-electron chi connectivity index (χ1n) is 20.7. The lowest BCUT2D eigenvalue weighted by atomic mass is 9.66. The summed E-state index contributed by atoms with van der Waals surface area (Å²) in [6, 6.07) is 72.0. The highest BCUT2D eigenvalue weighted by Crippen LogP contribution is 2.59.